The van der Waals surface area contributed by atoms with Crippen molar-refractivity contribution in [3.63, 3.8) is 0 Å². The van der Waals surface area contributed by atoms with E-state index in [1.54, 1.807) is 14.2 Å². The van der Waals surface area contributed by atoms with Crippen molar-refractivity contribution < 1.29 is 9.47 Å². The van der Waals surface area contributed by atoms with Crippen molar-refractivity contribution in [2.75, 3.05) is 45.4 Å². The number of anilines is 1. The van der Waals surface area contributed by atoms with E-state index in [9.17, 15) is 0 Å². The summed E-state index contributed by atoms with van der Waals surface area (Å²) in [5.74, 6) is 0.689. The molecule has 18 heavy (non-hydrogen) atoms. The molecule has 6 heteroatoms. The molecule has 0 aromatic carbocycles. The average molecular weight is 274 g/mol. The molecule has 0 bridgehead atoms. The summed E-state index contributed by atoms with van der Waals surface area (Å²) < 4.78 is 10.2. The van der Waals surface area contributed by atoms with Gasteiger partial charge in [-0.05, 0) is 13.8 Å². The second-order valence-electron chi connectivity index (χ2n) is 3.98. The number of methoxy groups -OCH3 is 2. The molecule has 0 fully saturated rings. The Kier molecular flexibility index (Phi) is 6.32. The lowest BCUT2D eigenvalue weighted by Crippen LogP contribution is -2.32. The van der Waals surface area contributed by atoms with Gasteiger partial charge in [0.2, 0.25) is 0 Å². The maximum Gasteiger partial charge on any atom is 0.171 e. The second kappa shape index (κ2) is 7.51. The standard InChI is InChI=1S/C12H20ClN3O2/c1-9-10(2)15-12(11(13)14-9)16(5-7-17-3)6-8-18-4/h5-8H2,1-4H3. The molecule has 1 aromatic rings. The van der Waals surface area contributed by atoms with Crippen LogP contribution in [0.25, 0.3) is 0 Å². The topological polar surface area (TPSA) is 47.5 Å². The Hall–Kier alpha value is -0.910. The molecule has 0 radical (unpaired) electrons. The maximum atomic E-state index is 6.16. The molecule has 0 N–H and O–H groups in total. The molecule has 1 aromatic heterocycles. The smallest absolute Gasteiger partial charge is 0.171 e. The van der Waals surface area contributed by atoms with Gasteiger partial charge < -0.3 is 14.4 Å². The molecule has 0 aliphatic rings. The van der Waals surface area contributed by atoms with Crippen LogP contribution in [0.3, 0.4) is 0 Å². The fraction of sp³-hybridized carbons (Fsp3) is 0.667. The normalized spacial score (nSPS) is 10.7. The highest BCUT2D eigenvalue weighted by molar-refractivity contribution is 6.31. The first-order valence-electron chi connectivity index (χ1n) is 5.83. The summed E-state index contributed by atoms with van der Waals surface area (Å²) in [4.78, 5) is 10.8. The first-order valence-corrected chi connectivity index (χ1v) is 6.21. The predicted molar refractivity (Wildman–Crippen MR) is 72.5 cm³/mol. The molecule has 0 saturated carbocycles. The Bertz CT molecular complexity index is 380. The number of aryl methyl sites for hydroxylation is 2. The lowest BCUT2D eigenvalue weighted by molar-refractivity contribution is 0.190. The van der Waals surface area contributed by atoms with Gasteiger partial charge in [0.15, 0.2) is 11.0 Å². The third-order valence-corrected chi connectivity index (χ3v) is 2.93. The van der Waals surface area contributed by atoms with Crippen LogP contribution in [-0.2, 0) is 9.47 Å². The molecule has 102 valence electrons. The third-order valence-electron chi connectivity index (χ3n) is 2.68. The molecular formula is C12H20ClN3O2. The fourth-order valence-corrected chi connectivity index (χ4v) is 1.78. The zero-order chi connectivity index (χ0) is 13.5. The molecule has 0 aliphatic carbocycles. The third kappa shape index (κ3) is 4.08. The zero-order valence-electron chi connectivity index (χ0n) is 11.4. The van der Waals surface area contributed by atoms with Crippen LogP contribution in [0.2, 0.25) is 5.15 Å². The highest BCUT2D eigenvalue weighted by Gasteiger charge is 2.14. The van der Waals surface area contributed by atoms with Gasteiger partial charge in [-0.3, -0.25) is 0 Å². The number of hydrogen-bond acceptors (Lipinski definition) is 5. The molecule has 0 aliphatic heterocycles. The number of rotatable bonds is 7. The number of hydrogen-bond donors (Lipinski definition) is 0. The van der Waals surface area contributed by atoms with Crippen molar-refractivity contribution in [3.05, 3.63) is 16.5 Å². The lowest BCUT2D eigenvalue weighted by Gasteiger charge is -2.24. The number of halogens is 1. The highest BCUT2D eigenvalue weighted by atomic mass is 35.5. The van der Waals surface area contributed by atoms with E-state index in [4.69, 9.17) is 21.1 Å². The molecular weight excluding hydrogens is 254 g/mol. The minimum atomic E-state index is 0.422. The highest BCUT2D eigenvalue weighted by Crippen LogP contribution is 2.22. The van der Waals surface area contributed by atoms with Gasteiger partial charge in [-0.15, -0.1) is 0 Å². The van der Waals surface area contributed by atoms with Crippen LogP contribution in [0, 0.1) is 13.8 Å². The van der Waals surface area contributed by atoms with Gasteiger partial charge in [0.1, 0.15) is 0 Å². The molecule has 0 spiro atoms. The SMILES string of the molecule is COCCN(CCOC)c1nc(C)c(C)nc1Cl. The summed E-state index contributed by atoms with van der Waals surface area (Å²) in [7, 11) is 3.34. The Balaban J connectivity index is 2.92. The Morgan fingerprint density at radius 2 is 1.50 bits per heavy atom. The molecule has 0 atom stereocenters. The van der Waals surface area contributed by atoms with Crippen LogP contribution in [0.4, 0.5) is 5.82 Å². The van der Waals surface area contributed by atoms with Gasteiger partial charge in [-0.2, -0.15) is 0 Å². The van der Waals surface area contributed by atoms with Crippen LogP contribution in [0.15, 0.2) is 0 Å². The van der Waals surface area contributed by atoms with Crippen LogP contribution in [0.5, 0.6) is 0 Å². The van der Waals surface area contributed by atoms with E-state index in [2.05, 4.69) is 9.97 Å². The Labute approximate surface area is 113 Å². The van der Waals surface area contributed by atoms with Gasteiger partial charge in [-0.1, -0.05) is 11.6 Å². The van der Waals surface area contributed by atoms with E-state index in [-0.39, 0.29) is 0 Å². The molecule has 1 rings (SSSR count). The van der Waals surface area contributed by atoms with Gasteiger partial charge in [-0.25, -0.2) is 9.97 Å². The predicted octanol–water partition coefficient (Wildman–Crippen LogP) is 1.85. The summed E-state index contributed by atoms with van der Waals surface area (Å²) in [6, 6.07) is 0. The van der Waals surface area contributed by atoms with Crippen molar-refractivity contribution in [2.24, 2.45) is 0 Å². The molecule has 5 nitrogen and oxygen atoms in total. The van der Waals surface area contributed by atoms with Gasteiger partial charge >= 0.3 is 0 Å². The first kappa shape index (κ1) is 15.1. The molecule has 1 heterocycles. The summed E-state index contributed by atoms with van der Waals surface area (Å²) in [6.45, 7) is 6.44. The van der Waals surface area contributed by atoms with Crippen molar-refractivity contribution in [2.45, 2.75) is 13.8 Å². The van der Waals surface area contributed by atoms with E-state index in [1.807, 2.05) is 18.7 Å². The van der Waals surface area contributed by atoms with Crippen molar-refractivity contribution in [3.8, 4) is 0 Å². The van der Waals surface area contributed by atoms with Gasteiger partial charge in [0, 0.05) is 27.3 Å². The number of nitrogens with zero attached hydrogens (tertiary/aromatic N) is 3. The zero-order valence-corrected chi connectivity index (χ0v) is 12.1. The first-order chi connectivity index (χ1) is 8.60. The summed E-state index contributed by atoms with van der Waals surface area (Å²) in [6.07, 6.45) is 0. The fourth-order valence-electron chi connectivity index (χ4n) is 1.49. The molecule has 0 unspecified atom stereocenters. The second-order valence-corrected chi connectivity index (χ2v) is 4.34. The molecule has 0 amide bonds. The molecule has 0 saturated heterocycles. The number of ether oxygens (including phenoxy) is 2. The van der Waals surface area contributed by atoms with E-state index in [0.717, 1.165) is 11.4 Å². The largest absolute Gasteiger partial charge is 0.383 e. The quantitative estimate of drug-likeness (QED) is 0.759. The van der Waals surface area contributed by atoms with E-state index >= 15 is 0 Å². The average Bonchev–Trinajstić information content (AvgIpc) is 2.35. The Morgan fingerprint density at radius 1 is 1.00 bits per heavy atom. The summed E-state index contributed by atoms with van der Waals surface area (Å²) in [5.41, 5.74) is 1.73. The lowest BCUT2D eigenvalue weighted by atomic mass is 10.3. The van der Waals surface area contributed by atoms with Gasteiger partial charge in [0.25, 0.3) is 0 Å². The van der Waals surface area contributed by atoms with Crippen LogP contribution < -0.4 is 4.90 Å². The monoisotopic (exact) mass is 273 g/mol. The summed E-state index contributed by atoms with van der Waals surface area (Å²) in [5, 5.41) is 0.422. The van der Waals surface area contributed by atoms with Crippen molar-refractivity contribution in [1.82, 2.24) is 9.97 Å². The summed E-state index contributed by atoms with van der Waals surface area (Å²) >= 11 is 6.16. The maximum absolute atomic E-state index is 6.16. The van der Waals surface area contributed by atoms with Crippen molar-refractivity contribution >= 4 is 17.4 Å². The van der Waals surface area contributed by atoms with Gasteiger partial charge in [0.05, 0.1) is 24.6 Å². The van der Waals surface area contributed by atoms with Crippen LogP contribution in [-0.4, -0.2) is 50.5 Å². The van der Waals surface area contributed by atoms with Crippen LogP contribution in [0.1, 0.15) is 11.4 Å². The Morgan fingerprint density at radius 3 is 2.00 bits per heavy atom. The minimum absolute atomic E-state index is 0.422. The van der Waals surface area contributed by atoms with Crippen molar-refractivity contribution in [1.29, 1.82) is 0 Å². The van der Waals surface area contributed by atoms with E-state index < -0.39 is 0 Å². The van der Waals surface area contributed by atoms with E-state index in [0.29, 0.717) is 37.3 Å². The number of aromatic nitrogens is 2. The van der Waals surface area contributed by atoms with E-state index in [1.165, 1.54) is 0 Å². The minimum Gasteiger partial charge on any atom is -0.383 e. The van der Waals surface area contributed by atoms with Crippen LogP contribution >= 0.6 is 11.6 Å².